The fraction of sp³-hybridized carbons (Fsp3) is 0.653. The lowest BCUT2D eigenvalue weighted by atomic mass is 9.37. The summed E-state index contributed by atoms with van der Waals surface area (Å²) in [7, 11) is 0. The Morgan fingerprint density at radius 1 is 0.873 bits per heavy atom. The van der Waals surface area contributed by atoms with Gasteiger partial charge < -0.3 is 34.1 Å². The van der Waals surface area contributed by atoms with Gasteiger partial charge in [-0.05, 0) is 99.3 Å². The minimum atomic E-state index is -1.14. The topological polar surface area (TPSA) is 166 Å². The van der Waals surface area contributed by atoms with Gasteiger partial charge in [0.1, 0.15) is 0 Å². The first-order valence-electron chi connectivity index (χ1n) is 23.6. The number of amides is 2. The molecule has 0 unspecified atom stereocenters. The number of unbranched alkanes of at least 4 members (excludes halogenated alkanes) is 1. The Hall–Kier alpha value is -4.05. The van der Waals surface area contributed by atoms with Gasteiger partial charge in [-0.2, -0.15) is 0 Å². The molecule has 4 saturated carbocycles. The van der Waals surface area contributed by atoms with Crippen molar-refractivity contribution in [2.24, 2.45) is 34.0 Å². The number of fused-ring (bicyclic) bond motifs is 2. The number of nitrogens with zero attached hydrogens (tertiary/aromatic N) is 5. The number of aliphatic hydroxyl groups excluding tert-OH is 2. The molecule has 11 rings (SSSR count). The summed E-state index contributed by atoms with van der Waals surface area (Å²) in [6.45, 7) is 13.2. The maximum atomic E-state index is 14.0. The van der Waals surface area contributed by atoms with Crippen molar-refractivity contribution in [3.05, 3.63) is 65.5 Å². The van der Waals surface area contributed by atoms with E-state index in [1.165, 1.54) is 11.3 Å². The summed E-state index contributed by atoms with van der Waals surface area (Å²) in [6.07, 6.45) is 9.04. The van der Waals surface area contributed by atoms with Gasteiger partial charge in [0.05, 0.1) is 68.9 Å². The van der Waals surface area contributed by atoms with Crippen molar-refractivity contribution in [3.63, 3.8) is 0 Å². The number of aliphatic hydroxyl groups is 2. The number of carbonyl (C=O) groups excluding carboxylic acids is 3. The Balaban J connectivity index is 0.652. The number of piperidine rings is 1. The van der Waals surface area contributed by atoms with Crippen LogP contribution in [-0.2, 0) is 36.7 Å². The Bertz CT molecular complexity index is 2250. The fourth-order valence-corrected chi connectivity index (χ4v) is 13.6. The number of hydrogen-bond donors (Lipinski definition) is 2. The van der Waals surface area contributed by atoms with Crippen molar-refractivity contribution in [2.75, 3.05) is 57.6 Å². The van der Waals surface area contributed by atoms with Crippen LogP contribution >= 0.6 is 0 Å². The van der Waals surface area contributed by atoms with Crippen LogP contribution in [0.4, 0.5) is 5.69 Å². The summed E-state index contributed by atoms with van der Waals surface area (Å²) >= 11 is 0. The predicted molar refractivity (Wildman–Crippen MR) is 233 cm³/mol. The van der Waals surface area contributed by atoms with E-state index in [2.05, 4.69) is 35.6 Å². The highest BCUT2D eigenvalue weighted by atomic mass is 16.7. The third-order valence-electron chi connectivity index (χ3n) is 16.4. The summed E-state index contributed by atoms with van der Waals surface area (Å²) in [4.78, 5) is 44.7. The first kappa shape index (κ1) is 42.9. The van der Waals surface area contributed by atoms with Crippen molar-refractivity contribution in [2.45, 2.75) is 116 Å². The molecular weight excluding hydrogens is 803 g/mol. The maximum Gasteiger partial charge on any atom is 0.261 e. The number of ether oxygens (including phenoxy) is 4. The van der Waals surface area contributed by atoms with Gasteiger partial charge in [-0.25, -0.2) is 4.68 Å². The van der Waals surface area contributed by atoms with Crippen molar-refractivity contribution in [1.82, 2.24) is 19.9 Å². The molecule has 63 heavy (non-hydrogen) atoms. The first-order chi connectivity index (χ1) is 30.5. The van der Waals surface area contributed by atoms with Gasteiger partial charge in [0.25, 0.3) is 11.8 Å². The summed E-state index contributed by atoms with van der Waals surface area (Å²) in [5.74, 6) is -1.30. The molecule has 7 fully saturated rings. The largest absolute Gasteiger partial charge is 0.393 e. The Kier molecular flexibility index (Phi) is 11.4. The van der Waals surface area contributed by atoms with Crippen LogP contribution < -0.4 is 4.90 Å². The predicted octanol–water partition coefficient (Wildman–Crippen LogP) is 5.51. The highest BCUT2D eigenvalue weighted by Gasteiger charge is 2.81. The number of anilines is 1. The number of rotatable bonds is 16. The molecule has 4 bridgehead atoms. The molecule has 3 aromatic rings. The summed E-state index contributed by atoms with van der Waals surface area (Å²) in [6, 6.07) is 9.65. The number of hydrogen-bond acceptors (Lipinski definition) is 12. The zero-order valence-electron chi connectivity index (χ0n) is 36.8. The second kappa shape index (κ2) is 16.7. The molecule has 338 valence electrons. The van der Waals surface area contributed by atoms with Crippen LogP contribution in [0.1, 0.15) is 104 Å². The quantitative estimate of drug-likeness (QED) is 0.106. The zero-order chi connectivity index (χ0) is 43.7. The van der Waals surface area contributed by atoms with E-state index in [9.17, 15) is 24.6 Å². The molecule has 4 aliphatic heterocycles. The standard InChI is InChI=1S/C49H63N5O9/c1-30-35-27-37(55)41-48-17-10-16-47(2,3)38(48)28-39(49(41,42(30)56)43(35)57)63-46(48)62-22-8-5-11-31-29-53(51-50-31)20-23-60-25-26-61-24-21-54-44(58)33-13-9-12-32-36(52-18-6-4-7-19-52)15-14-34(40(32)33)45(54)59/h9,12-15,29,35,37-39,41,43,46,55,57H,1,4-8,10-11,16-28H2,2-3H3/t35-,37-,38+,39+,41-,43+,46+,48-,49+/m0/s1. The second-order valence-electron chi connectivity index (χ2n) is 20.0. The number of carbonyl (C=O) groups is 3. The molecule has 2 spiro atoms. The van der Waals surface area contributed by atoms with E-state index < -0.39 is 47.3 Å². The highest BCUT2D eigenvalue weighted by molar-refractivity contribution is 6.26. The third-order valence-corrected chi connectivity index (χ3v) is 16.4. The van der Waals surface area contributed by atoms with Crippen molar-refractivity contribution in [1.29, 1.82) is 0 Å². The summed E-state index contributed by atoms with van der Waals surface area (Å²) < 4.78 is 26.7. The smallest absolute Gasteiger partial charge is 0.261 e. The molecule has 0 radical (unpaired) electrons. The van der Waals surface area contributed by atoms with Crippen molar-refractivity contribution in [3.8, 4) is 0 Å². The molecule has 2 N–H and O–H groups in total. The average molecular weight is 866 g/mol. The number of Topliss-reactive ketones (excluding diaryl/α,β-unsaturated/α-hetero) is 1. The van der Waals surface area contributed by atoms with E-state index in [0.717, 1.165) is 86.6 Å². The molecule has 3 saturated heterocycles. The Labute approximate surface area is 369 Å². The van der Waals surface area contributed by atoms with Gasteiger partial charge in [0.2, 0.25) is 0 Å². The number of ketones is 1. The van der Waals surface area contributed by atoms with Crippen molar-refractivity contribution >= 4 is 34.1 Å². The molecule has 4 aliphatic carbocycles. The third kappa shape index (κ3) is 6.83. The van der Waals surface area contributed by atoms with Crippen LogP contribution in [0.25, 0.3) is 10.8 Å². The molecule has 8 aliphatic rings. The van der Waals surface area contributed by atoms with E-state index in [0.29, 0.717) is 62.5 Å². The van der Waals surface area contributed by atoms with Crippen LogP contribution in [0.5, 0.6) is 0 Å². The van der Waals surface area contributed by atoms with E-state index in [4.69, 9.17) is 18.9 Å². The lowest BCUT2D eigenvalue weighted by Gasteiger charge is -2.72. The van der Waals surface area contributed by atoms with Gasteiger partial charge in [-0.15, -0.1) is 5.10 Å². The van der Waals surface area contributed by atoms with Crippen LogP contribution in [-0.4, -0.2) is 125 Å². The number of benzene rings is 2. The maximum absolute atomic E-state index is 14.0. The van der Waals surface area contributed by atoms with E-state index in [1.807, 2.05) is 36.5 Å². The van der Waals surface area contributed by atoms with Gasteiger partial charge in [0.15, 0.2) is 12.1 Å². The molecule has 1 aromatic heterocycles. The zero-order valence-corrected chi connectivity index (χ0v) is 36.8. The Morgan fingerprint density at radius 3 is 2.43 bits per heavy atom. The first-order valence-corrected chi connectivity index (χ1v) is 23.6. The van der Waals surface area contributed by atoms with E-state index in [-0.39, 0.29) is 42.1 Å². The summed E-state index contributed by atoms with van der Waals surface area (Å²) in [5, 5.41) is 33.8. The molecule has 14 nitrogen and oxygen atoms in total. The van der Waals surface area contributed by atoms with E-state index >= 15 is 0 Å². The van der Waals surface area contributed by atoms with Crippen LogP contribution in [0.15, 0.2) is 48.7 Å². The normalized spacial score (nSPS) is 33.0. The minimum absolute atomic E-state index is 0.00457. The number of imide groups is 1. The Morgan fingerprint density at radius 2 is 1.63 bits per heavy atom. The van der Waals surface area contributed by atoms with Crippen LogP contribution in [0, 0.1) is 34.0 Å². The van der Waals surface area contributed by atoms with Gasteiger partial charge in [0, 0.05) is 70.7 Å². The molecular formula is C49H63N5O9. The lowest BCUT2D eigenvalue weighted by molar-refractivity contribution is -0.402. The molecule has 2 amide bonds. The van der Waals surface area contributed by atoms with E-state index in [1.54, 1.807) is 4.68 Å². The van der Waals surface area contributed by atoms with Crippen LogP contribution in [0.3, 0.4) is 0 Å². The van der Waals surface area contributed by atoms with Gasteiger partial charge in [-0.3, -0.25) is 19.3 Å². The fourth-order valence-electron chi connectivity index (χ4n) is 13.6. The SMILES string of the molecule is C=C1C(=O)[C@]23[C@H](O)[C@H]1C[C@H](O)[C@H]2[C@]12CCCC(C)(C)[C@H]1C[C@H]3O[C@H]2OCCCCc1cn(CCOCCOCCN2C(=O)c3cccc4c(N5CCCCC5)ccc(c34)C2=O)nn1. The molecule has 9 atom stereocenters. The van der Waals surface area contributed by atoms with Crippen LogP contribution in [0.2, 0.25) is 0 Å². The molecule has 5 heterocycles. The number of aromatic nitrogens is 3. The van der Waals surface area contributed by atoms with Gasteiger partial charge in [-0.1, -0.05) is 44.2 Å². The minimum Gasteiger partial charge on any atom is -0.393 e. The monoisotopic (exact) mass is 865 g/mol. The second-order valence-corrected chi connectivity index (χ2v) is 20.0. The molecule has 2 aromatic carbocycles. The highest BCUT2D eigenvalue weighted by Crippen LogP contribution is 2.75. The number of aryl methyl sites for hydroxylation is 1. The summed E-state index contributed by atoms with van der Waals surface area (Å²) in [5.41, 5.74) is 1.84. The van der Waals surface area contributed by atoms with Crippen molar-refractivity contribution < 1.29 is 43.5 Å². The van der Waals surface area contributed by atoms with Gasteiger partial charge >= 0.3 is 0 Å². The average Bonchev–Trinajstić information content (AvgIpc) is 3.78. The lowest BCUT2D eigenvalue weighted by Crippen LogP contribution is -2.78. The molecule has 14 heteroatoms.